The first-order valence-electron chi connectivity index (χ1n) is 8.91. The van der Waals surface area contributed by atoms with Crippen LogP contribution in [0.3, 0.4) is 0 Å². The summed E-state index contributed by atoms with van der Waals surface area (Å²) >= 11 is 2.92. The summed E-state index contributed by atoms with van der Waals surface area (Å²) < 4.78 is 0. The minimum atomic E-state index is -0.107. The molecule has 2 aromatic heterocycles. The van der Waals surface area contributed by atoms with E-state index in [0.717, 1.165) is 11.3 Å². The van der Waals surface area contributed by atoms with Gasteiger partial charge in [0.05, 0.1) is 5.69 Å². The minimum Gasteiger partial charge on any atom is -0.352 e. The first kappa shape index (κ1) is 20.0. The van der Waals surface area contributed by atoms with Crippen LogP contribution in [-0.2, 0) is 4.79 Å². The van der Waals surface area contributed by atoms with Crippen LogP contribution in [0.4, 0.5) is 5.13 Å². The van der Waals surface area contributed by atoms with E-state index in [9.17, 15) is 9.59 Å². The lowest BCUT2D eigenvalue weighted by Crippen LogP contribution is -2.32. The Morgan fingerprint density at radius 2 is 2.00 bits per heavy atom. The van der Waals surface area contributed by atoms with Crippen LogP contribution in [0.2, 0.25) is 0 Å². The third-order valence-corrected chi connectivity index (χ3v) is 5.59. The van der Waals surface area contributed by atoms with Crippen molar-refractivity contribution in [3.8, 4) is 11.3 Å². The first-order valence-corrected chi connectivity index (χ1v) is 10.7. The maximum absolute atomic E-state index is 12.7. The molecule has 1 aromatic carbocycles. The quantitative estimate of drug-likeness (QED) is 0.413. The zero-order valence-electron chi connectivity index (χ0n) is 15.3. The maximum Gasteiger partial charge on any atom is 0.252 e. The molecule has 3 rings (SSSR count). The van der Waals surface area contributed by atoms with Crippen molar-refractivity contribution in [3.05, 3.63) is 70.8 Å². The number of aromatic nitrogens is 1. The Hall–Kier alpha value is -2.77. The Kier molecular flexibility index (Phi) is 7.11. The topological polar surface area (TPSA) is 62.3 Å². The molecule has 3 aromatic rings. The molecule has 28 heavy (non-hydrogen) atoms. The molecule has 0 aliphatic rings. The summed E-state index contributed by atoms with van der Waals surface area (Å²) in [6, 6.07) is 11.7. The summed E-state index contributed by atoms with van der Waals surface area (Å²) in [5.74, 6) is -0.136. The summed E-state index contributed by atoms with van der Waals surface area (Å²) in [5.41, 5.74) is 2.53. The predicted octanol–water partition coefficient (Wildman–Crippen LogP) is 4.60. The largest absolute Gasteiger partial charge is 0.352 e. The fourth-order valence-electron chi connectivity index (χ4n) is 2.62. The van der Waals surface area contributed by atoms with E-state index in [0.29, 0.717) is 36.6 Å². The van der Waals surface area contributed by atoms with Gasteiger partial charge < -0.3 is 5.32 Å². The highest BCUT2D eigenvalue weighted by Crippen LogP contribution is 2.27. The zero-order valence-corrected chi connectivity index (χ0v) is 17.0. The average Bonchev–Trinajstić information content (AvgIpc) is 3.42. The van der Waals surface area contributed by atoms with E-state index in [1.807, 2.05) is 41.1 Å². The molecule has 2 amide bonds. The lowest BCUT2D eigenvalue weighted by Gasteiger charge is -2.18. The fourth-order valence-corrected chi connectivity index (χ4v) is 4.11. The van der Waals surface area contributed by atoms with Crippen LogP contribution in [0, 0.1) is 0 Å². The molecule has 0 saturated carbocycles. The van der Waals surface area contributed by atoms with Gasteiger partial charge in [0.2, 0.25) is 5.91 Å². The fraction of sp³-hybridized carbons (Fsp3) is 0.190. The van der Waals surface area contributed by atoms with E-state index in [-0.39, 0.29) is 11.8 Å². The molecule has 0 aliphatic heterocycles. The van der Waals surface area contributed by atoms with Crippen molar-refractivity contribution in [2.24, 2.45) is 0 Å². The molecule has 0 atom stereocenters. The smallest absolute Gasteiger partial charge is 0.252 e. The highest BCUT2D eigenvalue weighted by Gasteiger charge is 2.18. The van der Waals surface area contributed by atoms with Gasteiger partial charge in [-0.05, 0) is 17.9 Å². The molecule has 7 heteroatoms. The molecule has 0 bridgehead atoms. The van der Waals surface area contributed by atoms with E-state index in [1.165, 1.54) is 22.7 Å². The molecule has 144 valence electrons. The number of hydrogen-bond acceptors (Lipinski definition) is 5. The van der Waals surface area contributed by atoms with E-state index in [2.05, 4.69) is 16.9 Å². The summed E-state index contributed by atoms with van der Waals surface area (Å²) in [4.78, 5) is 30.9. The Morgan fingerprint density at radius 1 is 1.18 bits per heavy atom. The van der Waals surface area contributed by atoms with Crippen LogP contribution in [0.15, 0.2) is 65.2 Å². The highest BCUT2D eigenvalue weighted by molar-refractivity contribution is 7.14. The number of hydrogen-bond donors (Lipinski definition) is 1. The molecule has 0 aliphatic carbocycles. The molecule has 0 radical (unpaired) electrons. The van der Waals surface area contributed by atoms with Crippen molar-refractivity contribution in [2.45, 2.75) is 12.8 Å². The number of nitrogens with one attached hydrogen (secondary N) is 1. The Bertz CT molecular complexity index is 920. The van der Waals surface area contributed by atoms with Crippen molar-refractivity contribution in [2.75, 3.05) is 18.0 Å². The van der Waals surface area contributed by atoms with Crippen molar-refractivity contribution in [3.63, 3.8) is 0 Å². The molecule has 2 heterocycles. The van der Waals surface area contributed by atoms with Gasteiger partial charge >= 0.3 is 0 Å². The third-order valence-electron chi connectivity index (χ3n) is 4.04. The Balaban J connectivity index is 1.56. The van der Waals surface area contributed by atoms with Gasteiger partial charge in [0.1, 0.15) is 0 Å². The van der Waals surface area contributed by atoms with Gasteiger partial charge in [0.15, 0.2) is 5.13 Å². The second-order valence-electron chi connectivity index (χ2n) is 6.05. The number of amides is 2. The average molecular weight is 412 g/mol. The SMILES string of the molecule is C=CCN(C(=O)CCCNC(=O)c1ccsc1)c1nc(-c2ccccc2)cs1. The van der Waals surface area contributed by atoms with Crippen LogP contribution in [0.25, 0.3) is 11.3 Å². The number of thiazole rings is 1. The molecule has 0 fully saturated rings. The van der Waals surface area contributed by atoms with Crippen molar-refractivity contribution in [1.29, 1.82) is 0 Å². The molecular formula is C21H21N3O2S2. The number of benzene rings is 1. The Labute approximate surface area is 172 Å². The number of carbonyl (C=O) groups excluding carboxylic acids is 2. The van der Waals surface area contributed by atoms with Gasteiger partial charge in [-0.3, -0.25) is 14.5 Å². The molecular weight excluding hydrogens is 390 g/mol. The predicted molar refractivity (Wildman–Crippen MR) is 116 cm³/mol. The zero-order chi connectivity index (χ0) is 19.8. The van der Waals surface area contributed by atoms with Gasteiger partial charge in [0, 0.05) is 41.4 Å². The lowest BCUT2D eigenvalue weighted by atomic mass is 10.2. The third kappa shape index (κ3) is 5.15. The molecule has 0 saturated heterocycles. The molecule has 0 unspecified atom stereocenters. The summed E-state index contributed by atoms with van der Waals surface area (Å²) in [6.45, 7) is 4.61. The molecule has 0 spiro atoms. The van der Waals surface area contributed by atoms with Gasteiger partial charge in [-0.25, -0.2) is 4.98 Å². The summed E-state index contributed by atoms with van der Waals surface area (Å²) in [7, 11) is 0. The van der Waals surface area contributed by atoms with Crippen LogP contribution < -0.4 is 10.2 Å². The van der Waals surface area contributed by atoms with Crippen molar-refractivity contribution < 1.29 is 9.59 Å². The second kappa shape index (κ2) is 9.96. The Morgan fingerprint density at radius 3 is 2.71 bits per heavy atom. The van der Waals surface area contributed by atoms with E-state index in [4.69, 9.17) is 0 Å². The van der Waals surface area contributed by atoms with Crippen LogP contribution in [-0.4, -0.2) is 29.9 Å². The second-order valence-corrected chi connectivity index (χ2v) is 7.66. The van der Waals surface area contributed by atoms with Gasteiger partial charge in [-0.15, -0.1) is 17.9 Å². The number of nitrogens with zero attached hydrogens (tertiary/aromatic N) is 2. The number of thiophene rings is 1. The first-order chi connectivity index (χ1) is 13.7. The standard InChI is InChI=1S/C21H21N3O2S2/c1-2-12-24(21-23-18(15-28-21)16-7-4-3-5-8-16)19(25)9-6-11-22-20(26)17-10-13-27-14-17/h2-5,7-8,10,13-15H,1,6,9,11-12H2,(H,22,26). The van der Waals surface area contributed by atoms with Crippen LogP contribution >= 0.6 is 22.7 Å². The van der Waals surface area contributed by atoms with Crippen molar-refractivity contribution >= 4 is 39.6 Å². The normalized spacial score (nSPS) is 10.4. The number of anilines is 1. The number of rotatable bonds is 9. The number of carbonyl (C=O) groups is 2. The highest BCUT2D eigenvalue weighted by atomic mass is 32.1. The molecule has 5 nitrogen and oxygen atoms in total. The van der Waals surface area contributed by atoms with E-state index >= 15 is 0 Å². The summed E-state index contributed by atoms with van der Waals surface area (Å²) in [5, 5.41) is 9.12. The van der Waals surface area contributed by atoms with Crippen LogP contribution in [0.1, 0.15) is 23.2 Å². The minimum absolute atomic E-state index is 0.0290. The van der Waals surface area contributed by atoms with Gasteiger partial charge in [0.25, 0.3) is 5.91 Å². The van der Waals surface area contributed by atoms with Crippen LogP contribution in [0.5, 0.6) is 0 Å². The lowest BCUT2D eigenvalue weighted by molar-refractivity contribution is -0.118. The van der Waals surface area contributed by atoms with Gasteiger partial charge in [-0.1, -0.05) is 36.4 Å². The molecule has 1 N–H and O–H groups in total. The van der Waals surface area contributed by atoms with E-state index < -0.39 is 0 Å². The maximum atomic E-state index is 12.7. The monoisotopic (exact) mass is 411 g/mol. The van der Waals surface area contributed by atoms with E-state index in [1.54, 1.807) is 22.4 Å². The van der Waals surface area contributed by atoms with Crippen molar-refractivity contribution in [1.82, 2.24) is 10.3 Å². The van der Waals surface area contributed by atoms with Gasteiger partial charge in [-0.2, -0.15) is 11.3 Å². The summed E-state index contributed by atoms with van der Waals surface area (Å²) in [6.07, 6.45) is 2.59.